The second-order valence-corrected chi connectivity index (χ2v) is 6.19. The number of unbranched alkanes of at least 4 members (excludes halogenated alkanes) is 3. The topological polar surface area (TPSA) is 78.9 Å². The van der Waals surface area contributed by atoms with Crippen LogP contribution in [0.25, 0.3) is 0 Å². The Bertz CT molecular complexity index is 354. The lowest BCUT2D eigenvalue weighted by Gasteiger charge is -2.47. The first-order valence-electron chi connectivity index (χ1n) is 7.77. The van der Waals surface area contributed by atoms with Crippen molar-refractivity contribution in [3.8, 4) is 0 Å². The van der Waals surface area contributed by atoms with E-state index in [0.29, 0.717) is 13.1 Å². The highest BCUT2D eigenvalue weighted by atomic mass is 16.5. The molecule has 1 saturated heterocycles. The number of likely N-dealkylation sites (tertiary alicyclic amines) is 1. The highest BCUT2D eigenvalue weighted by molar-refractivity contribution is 5.75. The molecule has 6 nitrogen and oxygen atoms in total. The highest BCUT2D eigenvalue weighted by Gasteiger charge is 2.42. The van der Waals surface area contributed by atoms with E-state index in [0.717, 1.165) is 12.8 Å². The molecule has 0 radical (unpaired) electrons. The molecular weight excluding hydrogens is 272 g/mol. The molecular formula is C15H28N2O4. The van der Waals surface area contributed by atoms with Gasteiger partial charge in [-0.25, -0.2) is 9.59 Å². The van der Waals surface area contributed by atoms with E-state index in [2.05, 4.69) is 12.2 Å². The number of hydrogen-bond acceptors (Lipinski definition) is 3. The third-order valence-electron chi connectivity index (χ3n) is 3.74. The number of carboxylic acids is 1. The zero-order chi connectivity index (χ0) is 15.9. The summed E-state index contributed by atoms with van der Waals surface area (Å²) in [5.74, 6) is -0.986. The minimum absolute atomic E-state index is 0.0885. The average molecular weight is 300 g/mol. The van der Waals surface area contributed by atoms with Crippen molar-refractivity contribution in [1.29, 1.82) is 0 Å². The molecule has 1 rings (SSSR count). The van der Waals surface area contributed by atoms with Gasteiger partial charge in [0.25, 0.3) is 0 Å². The molecule has 21 heavy (non-hydrogen) atoms. The van der Waals surface area contributed by atoms with Crippen LogP contribution in [-0.2, 0) is 9.53 Å². The molecule has 0 saturated carbocycles. The number of rotatable bonds is 9. The van der Waals surface area contributed by atoms with E-state index in [1.165, 1.54) is 19.3 Å². The number of carbonyl (C=O) groups is 2. The molecule has 0 aliphatic carbocycles. The zero-order valence-corrected chi connectivity index (χ0v) is 13.4. The summed E-state index contributed by atoms with van der Waals surface area (Å²) in [6.07, 6.45) is 5.79. The van der Waals surface area contributed by atoms with E-state index in [9.17, 15) is 9.59 Å². The van der Waals surface area contributed by atoms with E-state index < -0.39 is 11.6 Å². The Morgan fingerprint density at radius 1 is 1.33 bits per heavy atom. The fourth-order valence-corrected chi connectivity index (χ4v) is 2.48. The first-order chi connectivity index (χ1) is 9.86. The molecule has 0 bridgehead atoms. The van der Waals surface area contributed by atoms with Gasteiger partial charge in [0.1, 0.15) is 12.2 Å². The van der Waals surface area contributed by atoms with Gasteiger partial charge >= 0.3 is 12.0 Å². The first kappa shape index (κ1) is 17.8. The predicted molar refractivity (Wildman–Crippen MR) is 80.3 cm³/mol. The molecule has 2 N–H and O–H groups in total. The van der Waals surface area contributed by atoms with Crippen LogP contribution in [0, 0.1) is 0 Å². The van der Waals surface area contributed by atoms with Crippen LogP contribution in [0.5, 0.6) is 0 Å². The number of amides is 2. The molecule has 2 amide bonds. The maximum atomic E-state index is 12.0. The summed E-state index contributed by atoms with van der Waals surface area (Å²) in [4.78, 5) is 24.1. The van der Waals surface area contributed by atoms with Crippen LogP contribution in [-0.4, -0.2) is 53.3 Å². The Hall–Kier alpha value is -1.30. The second-order valence-electron chi connectivity index (χ2n) is 6.19. The molecule has 1 aliphatic heterocycles. The van der Waals surface area contributed by atoms with Gasteiger partial charge in [-0.3, -0.25) is 0 Å². The van der Waals surface area contributed by atoms with Crippen molar-refractivity contribution in [3.63, 3.8) is 0 Å². The Morgan fingerprint density at radius 2 is 2.00 bits per heavy atom. The number of urea groups is 1. The van der Waals surface area contributed by atoms with Crippen LogP contribution < -0.4 is 5.32 Å². The van der Waals surface area contributed by atoms with Gasteiger partial charge < -0.3 is 20.1 Å². The van der Waals surface area contributed by atoms with Crippen LogP contribution >= 0.6 is 0 Å². The van der Waals surface area contributed by atoms with Crippen molar-refractivity contribution in [2.75, 3.05) is 19.7 Å². The van der Waals surface area contributed by atoms with Crippen molar-refractivity contribution in [1.82, 2.24) is 10.2 Å². The monoisotopic (exact) mass is 300 g/mol. The maximum absolute atomic E-state index is 12.0. The average Bonchev–Trinajstić information content (AvgIpc) is 2.38. The van der Waals surface area contributed by atoms with Gasteiger partial charge in [0, 0.05) is 6.04 Å². The number of carboxylic acid groups (broad SMARTS) is 1. The number of ether oxygens (including phenoxy) is 1. The minimum atomic E-state index is -0.986. The Kier molecular flexibility index (Phi) is 6.95. The van der Waals surface area contributed by atoms with E-state index >= 15 is 0 Å². The molecule has 1 aliphatic rings. The van der Waals surface area contributed by atoms with Crippen LogP contribution in [0.15, 0.2) is 0 Å². The maximum Gasteiger partial charge on any atom is 0.329 e. The molecule has 0 aromatic carbocycles. The summed E-state index contributed by atoms with van der Waals surface area (Å²) >= 11 is 0. The van der Waals surface area contributed by atoms with Crippen LogP contribution in [0.3, 0.4) is 0 Å². The lowest BCUT2D eigenvalue weighted by molar-refractivity contribution is -0.159. The van der Waals surface area contributed by atoms with Crippen LogP contribution in [0.1, 0.15) is 52.9 Å². The van der Waals surface area contributed by atoms with E-state index in [1.807, 2.05) is 13.8 Å². The molecule has 0 aromatic heterocycles. The largest absolute Gasteiger partial charge is 0.480 e. The molecule has 0 aromatic rings. The SMILES string of the molecule is CCCCCCC(C)NC(=O)N1CC(C)(OCC(=O)O)C1. The number of nitrogens with zero attached hydrogens (tertiary/aromatic N) is 1. The standard InChI is InChI=1S/C15H28N2O4/c1-4-5-6-7-8-12(2)16-14(20)17-10-15(3,11-17)21-9-13(18)19/h12H,4-11H2,1-3H3,(H,16,20)(H,18,19). The fraction of sp³-hybridized carbons (Fsp3) is 0.867. The quantitative estimate of drug-likeness (QED) is 0.640. The van der Waals surface area contributed by atoms with Crippen molar-refractivity contribution in [3.05, 3.63) is 0 Å². The van der Waals surface area contributed by atoms with E-state index in [4.69, 9.17) is 9.84 Å². The zero-order valence-electron chi connectivity index (χ0n) is 13.4. The second kappa shape index (κ2) is 8.22. The summed E-state index contributed by atoms with van der Waals surface area (Å²) in [6, 6.07) is 0.0792. The Labute approximate surface area is 126 Å². The predicted octanol–water partition coefficient (Wildman–Crippen LogP) is 2.23. The summed E-state index contributed by atoms with van der Waals surface area (Å²) in [5.41, 5.74) is -0.528. The Balaban J connectivity index is 2.18. The minimum Gasteiger partial charge on any atom is -0.480 e. The molecule has 1 atom stereocenters. The van der Waals surface area contributed by atoms with E-state index in [1.54, 1.807) is 4.90 Å². The molecule has 0 spiro atoms. The van der Waals surface area contributed by atoms with Crippen molar-refractivity contribution >= 4 is 12.0 Å². The van der Waals surface area contributed by atoms with E-state index in [-0.39, 0.29) is 18.7 Å². The van der Waals surface area contributed by atoms with Gasteiger partial charge in [-0.05, 0) is 20.3 Å². The fourth-order valence-electron chi connectivity index (χ4n) is 2.48. The normalized spacial score (nSPS) is 18.0. The number of hydrogen-bond donors (Lipinski definition) is 2. The molecule has 1 heterocycles. The van der Waals surface area contributed by atoms with Gasteiger partial charge in [0.15, 0.2) is 0 Å². The lowest BCUT2D eigenvalue weighted by Crippen LogP contribution is -2.65. The van der Waals surface area contributed by atoms with Gasteiger partial charge in [-0.15, -0.1) is 0 Å². The number of nitrogens with one attached hydrogen (secondary N) is 1. The third-order valence-corrected chi connectivity index (χ3v) is 3.74. The summed E-state index contributed by atoms with van der Waals surface area (Å²) in [5, 5.41) is 11.6. The molecule has 122 valence electrons. The smallest absolute Gasteiger partial charge is 0.329 e. The van der Waals surface area contributed by atoms with Gasteiger partial charge in [0.2, 0.25) is 0 Å². The van der Waals surface area contributed by atoms with Crippen molar-refractivity contribution < 1.29 is 19.4 Å². The molecule has 1 fully saturated rings. The third kappa shape index (κ3) is 6.33. The summed E-state index contributed by atoms with van der Waals surface area (Å²) in [6.45, 7) is 6.58. The Morgan fingerprint density at radius 3 is 2.57 bits per heavy atom. The van der Waals surface area contributed by atoms with Crippen molar-refractivity contribution in [2.24, 2.45) is 0 Å². The number of carbonyl (C=O) groups excluding carboxylic acids is 1. The van der Waals surface area contributed by atoms with Crippen molar-refractivity contribution in [2.45, 2.75) is 64.5 Å². The first-order valence-corrected chi connectivity index (χ1v) is 7.77. The van der Waals surface area contributed by atoms with Gasteiger partial charge in [0.05, 0.1) is 13.1 Å². The highest BCUT2D eigenvalue weighted by Crippen LogP contribution is 2.24. The summed E-state index contributed by atoms with van der Waals surface area (Å²) < 4.78 is 5.28. The van der Waals surface area contributed by atoms with Gasteiger partial charge in [-0.2, -0.15) is 0 Å². The summed E-state index contributed by atoms with van der Waals surface area (Å²) in [7, 11) is 0. The lowest BCUT2D eigenvalue weighted by atomic mass is 9.97. The molecule has 1 unspecified atom stereocenters. The number of aliphatic carboxylic acids is 1. The van der Waals surface area contributed by atoms with Crippen LogP contribution in [0.4, 0.5) is 4.79 Å². The molecule has 6 heteroatoms. The van der Waals surface area contributed by atoms with Crippen LogP contribution in [0.2, 0.25) is 0 Å². The van der Waals surface area contributed by atoms with Gasteiger partial charge in [-0.1, -0.05) is 32.6 Å².